The summed E-state index contributed by atoms with van der Waals surface area (Å²) in [4.78, 5) is 1.96. The fourth-order valence-corrected chi connectivity index (χ4v) is 1.51. The van der Waals surface area contributed by atoms with Crippen LogP contribution in [-0.4, -0.2) is 34.6 Å². The lowest BCUT2D eigenvalue weighted by Gasteiger charge is -2.26. The molecule has 15 heavy (non-hydrogen) atoms. The van der Waals surface area contributed by atoms with Gasteiger partial charge in [0.15, 0.2) is 5.82 Å². The van der Waals surface area contributed by atoms with Crippen LogP contribution < -0.4 is 10.6 Å². The SMILES string of the molecule is CCn1nc(C)c(N)c1N(C)C(C)CO. The smallest absolute Gasteiger partial charge is 0.150 e. The number of nitrogens with zero attached hydrogens (tertiary/aromatic N) is 3. The molecule has 0 saturated heterocycles. The lowest BCUT2D eigenvalue weighted by atomic mass is 10.3. The van der Waals surface area contributed by atoms with E-state index in [2.05, 4.69) is 5.10 Å². The summed E-state index contributed by atoms with van der Waals surface area (Å²) in [5.74, 6) is 0.886. The van der Waals surface area contributed by atoms with Crippen molar-refractivity contribution in [2.75, 3.05) is 24.3 Å². The van der Waals surface area contributed by atoms with Gasteiger partial charge in [-0.15, -0.1) is 0 Å². The number of aliphatic hydroxyl groups excluding tert-OH is 1. The zero-order valence-electron chi connectivity index (χ0n) is 9.86. The molecule has 0 aliphatic rings. The first-order valence-corrected chi connectivity index (χ1v) is 5.19. The van der Waals surface area contributed by atoms with Gasteiger partial charge in [-0.3, -0.25) is 0 Å². The molecule has 1 rings (SSSR count). The van der Waals surface area contributed by atoms with Gasteiger partial charge in [0.2, 0.25) is 0 Å². The quantitative estimate of drug-likeness (QED) is 0.767. The van der Waals surface area contributed by atoms with Gasteiger partial charge in [-0.2, -0.15) is 5.10 Å². The number of aryl methyl sites for hydroxylation is 2. The third kappa shape index (κ3) is 2.07. The maximum Gasteiger partial charge on any atom is 0.150 e. The largest absolute Gasteiger partial charge is 0.394 e. The standard InChI is InChI=1S/C10H20N4O/c1-5-14-10(9(11)8(3)12-14)13(4)7(2)6-15/h7,15H,5-6,11H2,1-4H3. The number of likely N-dealkylation sites (N-methyl/N-ethyl adjacent to an activating group) is 1. The van der Waals surface area contributed by atoms with E-state index in [0.717, 1.165) is 18.1 Å². The van der Waals surface area contributed by atoms with Gasteiger partial charge in [0.25, 0.3) is 0 Å². The molecular formula is C10H20N4O. The third-order valence-corrected chi connectivity index (χ3v) is 2.70. The van der Waals surface area contributed by atoms with Crippen LogP contribution in [0.3, 0.4) is 0 Å². The summed E-state index contributed by atoms with van der Waals surface area (Å²) in [6.07, 6.45) is 0. The van der Waals surface area contributed by atoms with Gasteiger partial charge in [-0.05, 0) is 20.8 Å². The second-order valence-corrected chi connectivity index (χ2v) is 3.78. The van der Waals surface area contributed by atoms with Crippen molar-refractivity contribution in [3.8, 4) is 0 Å². The van der Waals surface area contributed by atoms with Crippen molar-refractivity contribution in [1.82, 2.24) is 9.78 Å². The average Bonchev–Trinajstić information content (AvgIpc) is 2.53. The van der Waals surface area contributed by atoms with Crippen LogP contribution in [0.2, 0.25) is 0 Å². The van der Waals surface area contributed by atoms with E-state index in [9.17, 15) is 0 Å². The van der Waals surface area contributed by atoms with Crippen molar-refractivity contribution in [3.05, 3.63) is 5.69 Å². The van der Waals surface area contributed by atoms with E-state index in [1.165, 1.54) is 0 Å². The normalized spacial score (nSPS) is 12.9. The zero-order chi connectivity index (χ0) is 11.6. The monoisotopic (exact) mass is 212 g/mol. The summed E-state index contributed by atoms with van der Waals surface area (Å²) < 4.78 is 1.86. The molecule has 1 unspecified atom stereocenters. The highest BCUT2D eigenvalue weighted by Crippen LogP contribution is 2.26. The number of nitrogen functional groups attached to an aromatic ring is 1. The molecule has 1 heterocycles. The van der Waals surface area contributed by atoms with Crippen LogP contribution in [-0.2, 0) is 6.54 Å². The number of rotatable bonds is 4. The fraction of sp³-hybridized carbons (Fsp3) is 0.700. The molecule has 1 aromatic heterocycles. The Labute approximate surface area is 90.5 Å². The molecule has 5 nitrogen and oxygen atoms in total. The van der Waals surface area contributed by atoms with Crippen molar-refractivity contribution in [2.45, 2.75) is 33.4 Å². The molecule has 0 radical (unpaired) electrons. The molecule has 86 valence electrons. The molecule has 0 bridgehead atoms. The predicted molar refractivity (Wildman–Crippen MR) is 62.0 cm³/mol. The summed E-state index contributed by atoms with van der Waals surface area (Å²) in [6.45, 7) is 6.73. The Hall–Kier alpha value is -1.23. The lowest BCUT2D eigenvalue weighted by Crippen LogP contribution is -2.34. The summed E-state index contributed by atoms with van der Waals surface area (Å²) >= 11 is 0. The molecule has 0 fully saturated rings. The zero-order valence-corrected chi connectivity index (χ0v) is 9.86. The second-order valence-electron chi connectivity index (χ2n) is 3.78. The number of hydrogen-bond acceptors (Lipinski definition) is 4. The first kappa shape index (κ1) is 11.8. The van der Waals surface area contributed by atoms with E-state index >= 15 is 0 Å². The van der Waals surface area contributed by atoms with Crippen molar-refractivity contribution >= 4 is 11.5 Å². The molecule has 0 saturated carbocycles. The van der Waals surface area contributed by atoms with Crippen molar-refractivity contribution in [2.24, 2.45) is 0 Å². The number of aromatic nitrogens is 2. The van der Waals surface area contributed by atoms with Crippen LogP contribution in [0.15, 0.2) is 0 Å². The minimum atomic E-state index is 0.0358. The molecule has 0 aromatic carbocycles. The summed E-state index contributed by atoms with van der Waals surface area (Å²) in [5, 5.41) is 13.5. The van der Waals surface area contributed by atoms with E-state index < -0.39 is 0 Å². The maximum absolute atomic E-state index is 9.12. The maximum atomic E-state index is 9.12. The van der Waals surface area contributed by atoms with Crippen LogP contribution in [0.1, 0.15) is 19.5 Å². The van der Waals surface area contributed by atoms with Gasteiger partial charge in [0.05, 0.1) is 24.0 Å². The first-order chi connectivity index (χ1) is 7.02. The number of anilines is 2. The van der Waals surface area contributed by atoms with Gasteiger partial charge < -0.3 is 15.7 Å². The lowest BCUT2D eigenvalue weighted by molar-refractivity contribution is 0.269. The Balaban J connectivity index is 3.11. The highest BCUT2D eigenvalue weighted by molar-refractivity contribution is 5.66. The highest BCUT2D eigenvalue weighted by Gasteiger charge is 2.18. The van der Waals surface area contributed by atoms with E-state index in [-0.39, 0.29) is 12.6 Å². The van der Waals surface area contributed by atoms with Gasteiger partial charge >= 0.3 is 0 Å². The van der Waals surface area contributed by atoms with Crippen LogP contribution in [0, 0.1) is 6.92 Å². The van der Waals surface area contributed by atoms with Crippen LogP contribution in [0.25, 0.3) is 0 Å². The van der Waals surface area contributed by atoms with Crippen LogP contribution in [0.4, 0.5) is 11.5 Å². The number of nitrogens with two attached hydrogens (primary N) is 1. The van der Waals surface area contributed by atoms with Crippen molar-refractivity contribution in [1.29, 1.82) is 0 Å². The molecule has 0 amide bonds. The van der Waals surface area contributed by atoms with Gasteiger partial charge in [0.1, 0.15) is 0 Å². The minimum absolute atomic E-state index is 0.0358. The fourth-order valence-electron chi connectivity index (χ4n) is 1.51. The summed E-state index contributed by atoms with van der Waals surface area (Å²) in [5.41, 5.74) is 7.50. The minimum Gasteiger partial charge on any atom is -0.394 e. The average molecular weight is 212 g/mol. The highest BCUT2D eigenvalue weighted by atomic mass is 16.3. The Morgan fingerprint density at radius 2 is 2.20 bits per heavy atom. The molecule has 1 aromatic rings. The molecule has 3 N–H and O–H groups in total. The molecule has 0 spiro atoms. The number of hydrogen-bond donors (Lipinski definition) is 2. The predicted octanol–water partition coefficient (Wildman–Crippen LogP) is 0.611. The molecule has 5 heteroatoms. The molecule has 0 aliphatic carbocycles. The van der Waals surface area contributed by atoms with Gasteiger partial charge in [0, 0.05) is 13.6 Å². The first-order valence-electron chi connectivity index (χ1n) is 5.19. The topological polar surface area (TPSA) is 67.3 Å². The van der Waals surface area contributed by atoms with E-state index in [0.29, 0.717) is 5.69 Å². The second kappa shape index (κ2) is 4.53. The van der Waals surface area contributed by atoms with Crippen LogP contribution in [0.5, 0.6) is 0 Å². The van der Waals surface area contributed by atoms with Crippen molar-refractivity contribution in [3.63, 3.8) is 0 Å². The Kier molecular flexibility index (Phi) is 3.57. The molecule has 0 aliphatic heterocycles. The Bertz CT molecular complexity index is 334. The van der Waals surface area contributed by atoms with Gasteiger partial charge in [-0.1, -0.05) is 0 Å². The van der Waals surface area contributed by atoms with Gasteiger partial charge in [-0.25, -0.2) is 4.68 Å². The third-order valence-electron chi connectivity index (χ3n) is 2.70. The van der Waals surface area contributed by atoms with Crippen LogP contribution >= 0.6 is 0 Å². The van der Waals surface area contributed by atoms with E-state index in [4.69, 9.17) is 10.8 Å². The van der Waals surface area contributed by atoms with E-state index in [1.807, 2.05) is 37.4 Å². The summed E-state index contributed by atoms with van der Waals surface area (Å²) in [6, 6.07) is 0.0358. The number of aliphatic hydroxyl groups is 1. The summed E-state index contributed by atoms with van der Waals surface area (Å²) in [7, 11) is 1.92. The Morgan fingerprint density at radius 3 is 2.67 bits per heavy atom. The molecular weight excluding hydrogens is 192 g/mol. The van der Waals surface area contributed by atoms with E-state index in [1.54, 1.807) is 0 Å². The Morgan fingerprint density at radius 1 is 1.60 bits per heavy atom. The van der Waals surface area contributed by atoms with Crippen molar-refractivity contribution < 1.29 is 5.11 Å². The molecule has 1 atom stereocenters.